The van der Waals surface area contributed by atoms with Crippen LogP contribution in [-0.4, -0.2) is 17.6 Å². The molecule has 0 aromatic heterocycles. The zero-order valence-electron chi connectivity index (χ0n) is 8.33. The largest absolute Gasteiger partial charge is 0.478 e. The monoisotopic (exact) mass is 236 g/mol. The molecule has 1 rings (SSSR count). The minimum atomic E-state index is -1.05. The van der Waals surface area contributed by atoms with Gasteiger partial charge in [-0.3, -0.25) is 0 Å². The van der Waals surface area contributed by atoms with Crippen LogP contribution in [0.15, 0.2) is 30.4 Å². The summed E-state index contributed by atoms with van der Waals surface area (Å²) in [5.41, 5.74) is 1.08. The van der Waals surface area contributed by atoms with E-state index in [0.29, 0.717) is 16.3 Å². The second kappa shape index (κ2) is 5.19. The van der Waals surface area contributed by atoms with Gasteiger partial charge in [-0.05, 0) is 18.2 Å². The van der Waals surface area contributed by atoms with E-state index in [0.717, 1.165) is 0 Å². The molecule has 0 aliphatic carbocycles. The molecule has 0 unspecified atom stereocenters. The van der Waals surface area contributed by atoms with E-state index < -0.39 is 5.97 Å². The summed E-state index contributed by atoms with van der Waals surface area (Å²) in [6.07, 6.45) is 0. The van der Waals surface area contributed by atoms with Crippen molar-refractivity contribution in [3.05, 3.63) is 40.9 Å². The van der Waals surface area contributed by atoms with Gasteiger partial charge in [0.15, 0.2) is 0 Å². The van der Waals surface area contributed by atoms with Gasteiger partial charge in [-0.2, -0.15) is 5.26 Å². The smallest absolute Gasteiger partial charge is 0.332 e. The quantitative estimate of drug-likeness (QED) is 0.787. The van der Waals surface area contributed by atoms with E-state index in [1.54, 1.807) is 18.2 Å². The van der Waals surface area contributed by atoms with Gasteiger partial charge in [0, 0.05) is 17.8 Å². The van der Waals surface area contributed by atoms with Crippen LogP contribution in [0.2, 0.25) is 5.02 Å². The molecule has 0 saturated heterocycles. The van der Waals surface area contributed by atoms with Crippen molar-refractivity contribution in [2.24, 2.45) is 0 Å². The number of halogens is 1. The van der Waals surface area contributed by atoms with E-state index in [4.69, 9.17) is 22.0 Å². The molecule has 0 radical (unpaired) electrons. The highest BCUT2D eigenvalue weighted by Gasteiger charge is 2.04. The first-order valence-corrected chi connectivity index (χ1v) is 4.77. The van der Waals surface area contributed by atoms with Crippen molar-refractivity contribution in [2.45, 2.75) is 0 Å². The SMILES string of the molecule is C=C(CNc1ccc(C#N)c(Cl)c1)C(=O)O. The van der Waals surface area contributed by atoms with Gasteiger partial charge in [0.05, 0.1) is 10.6 Å². The Labute approximate surface area is 97.8 Å². The Kier molecular flexibility index (Phi) is 3.92. The molecular formula is C11H9ClN2O2. The lowest BCUT2D eigenvalue weighted by molar-refractivity contribution is -0.132. The molecule has 16 heavy (non-hydrogen) atoms. The normalized spacial score (nSPS) is 9.25. The maximum atomic E-state index is 10.5. The van der Waals surface area contributed by atoms with Crippen LogP contribution in [0.25, 0.3) is 0 Å². The first-order valence-electron chi connectivity index (χ1n) is 4.39. The Morgan fingerprint density at radius 1 is 1.62 bits per heavy atom. The van der Waals surface area contributed by atoms with Crippen molar-refractivity contribution in [1.82, 2.24) is 0 Å². The van der Waals surface area contributed by atoms with Crippen LogP contribution in [0, 0.1) is 11.3 Å². The molecule has 0 atom stereocenters. The fourth-order valence-electron chi connectivity index (χ4n) is 1.00. The van der Waals surface area contributed by atoms with E-state index in [1.807, 2.05) is 6.07 Å². The minimum absolute atomic E-state index is 0.0560. The lowest BCUT2D eigenvalue weighted by Crippen LogP contribution is -2.11. The van der Waals surface area contributed by atoms with Gasteiger partial charge in [-0.15, -0.1) is 0 Å². The maximum Gasteiger partial charge on any atom is 0.332 e. The van der Waals surface area contributed by atoms with E-state index >= 15 is 0 Å². The van der Waals surface area contributed by atoms with E-state index in [9.17, 15) is 4.79 Å². The fraction of sp³-hybridized carbons (Fsp3) is 0.0909. The van der Waals surface area contributed by atoms with E-state index in [-0.39, 0.29) is 12.1 Å². The second-order valence-electron chi connectivity index (χ2n) is 3.07. The molecule has 0 amide bonds. The first-order chi connectivity index (χ1) is 7.54. The molecule has 4 nitrogen and oxygen atoms in total. The van der Waals surface area contributed by atoms with Gasteiger partial charge < -0.3 is 10.4 Å². The summed E-state index contributed by atoms with van der Waals surface area (Å²) in [7, 11) is 0. The Balaban J connectivity index is 2.70. The molecule has 5 heteroatoms. The van der Waals surface area contributed by atoms with Crippen molar-refractivity contribution in [1.29, 1.82) is 5.26 Å². The lowest BCUT2D eigenvalue weighted by atomic mass is 10.2. The molecule has 0 aliphatic rings. The van der Waals surface area contributed by atoms with Gasteiger partial charge in [0.25, 0.3) is 0 Å². The molecule has 0 saturated carbocycles. The zero-order chi connectivity index (χ0) is 12.1. The molecule has 0 heterocycles. The van der Waals surface area contributed by atoms with Gasteiger partial charge >= 0.3 is 5.97 Å². The number of anilines is 1. The number of carbonyl (C=O) groups is 1. The molecule has 0 bridgehead atoms. The highest BCUT2D eigenvalue weighted by atomic mass is 35.5. The lowest BCUT2D eigenvalue weighted by Gasteiger charge is -2.06. The highest BCUT2D eigenvalue weighted by Crippen LogP contribution is 2.20. The van der Waals surface area contributed by atoms with Gasteiger partial charge in [0.1, 0.15) is 6.07 Å². The fourth-order valence-corrected chi connectivity index (χ4v) is 1.22. The average molecular weight is 237 g/mol. The maximum absolute atomic E-state index is 10.5. The van der Waals surface area contributed by atoms with Crippen molar-refractivity contribution in [3.63, 3.8) is 0 Å². The first kappa shape index (κ1) is 12.1. The molecule has 1 aromatic carbocycles. The Morgan fingerprint density at radius 3 is 2.81 bits per heavy atom. The molecular weight excluding hydrogens is 228 g/mol. The number of carboxylic acids is 1. The summed E-state index contributed by atoms with van der Waals surface area (Å²) < 4.78 is 0. The Bertz CT molecular complexity index is 477. The average Bonchev–Trinajstić information content (AvgIpc) is 2.25. The number of nitriles is 1. The number of hydrogen-bond acceptors (Lipinski definition) is 3. The van der Waals surface area contributed by atoms with Crippen LogP contribution in [0.5, 0.6) is 0 Å². The minimum Gasteiger partial charge on any atom is -0.478 e. The highest BCUT2D eigenvalue weighted by molar-refractivity contribution is 6.32. The molecule has 0 spiro atoms. The number of benzene rings is 1. The number of aliphatic carboxylic acids is 1. The van der Waals surface area contributed by atoms with Gasteiger partial charge in [-0.1, -0.05) is 18.2 Å². The van der Waals surface area contributed by atoms with Gasteiger partial charge in [0.2, 0.25) is 0 Å². The summed E-state index contributed by atoms with van der Waals surface area (Å²) >= 11 is 5.81. The molecule has 0 aliphatic heterocycles. The third-order valence-electron chi connectivity index (χ3n) is 1.90. The summed E-state index contributed by atoms with van der Waals surface area (Å²) in [6.45, 7) is 3.50. The standard InChI is InChI=1S/C11H9ClN2O2/c1-7(11(15)16)6-14-9-3-2-8(5-13)10(12)4-9/h2-4,14H,1,6H2,(H,15,16). The molecule has 1 aromatic rings. The summed E-state index contributed by atoms with van der Waals surface area (Å²) in [4.78, 5) is 10.5. The predicted molar refractivity (Wildman–Crippen MR) is 61.4 cm³/mol. The molecule has 82 valence electrons. The number of nitrogens with one attached hydrogen (secondary N) is 1. The van der Waals surface area contributed by atoms with Crippen LogP contribution in [-0.2, 0) is 4.79 Å². The van der Waals surface area contributed by atoms with Crippen molar-refractivity contribution in [3.8, 4) is 6.07 Å². The van der Waals surface area contributed by atoms with Crippen molar-refractivity contribution >= 4 is 23.3 Å². The summed E-state index contributed by atoms with van der Waals surface area (Å²) in [5.74, 6) is -1.05. The van der Waals surface area contributed by atoms with Crippen LogP contribution in [0.1, 0.15) is 5.56 Å². The second-order valence-corrected chi connectivity index (χ2v) is 3.48. The molecule has 0 fully saturated rings. The Hall–Kier alpha value is -1.99. The van der Waals surface area contributed by atoms with Gasteiger partial charge in [-0.25, -0.2) is 4.79 Å². The summed E-state index contributed by atoms with van der Waals surface area (Å²) in [6, 6.07) is 6.71. The summed E-state index contributed by atoms with van der Waals surface area (Å²) in [5, 5.41) is 20.4. The number of rotatable bonds is 4. The third-order valence-corrected chi connectivity index (χ3v) is 2.21. The number of carboxylic acid groups (broad SMARTS) is 1. The van der Waals surface area contributed by atoms with Crippen LogP contribution >= 0.6 is 11.6 Å². The van der Waals surface area contributed by atoms with Crippen LogP contribution < -0.4 is 5.32 Å². The van der Waals surface area contributed by atoms with Crippen molar-refractivity contribution < 1.29 is 9.90 Å². The number of hydrogen-bond donors (Lipinski definition) is 2. The Morgan fingerprint density at radius 2 is 2.31 bits per heavy atom. The topological polar surface area (TPSA) is 73.1 Å². The van der Waals surface area contributed by atoms with E-state index in [2.05, 4.69) is 11.9 Å². The molecule has 2 N–H and O–H groups in total. The third kappa shape index (κ3) is 3.01. The number of nitrogens with zero attached hydrogens (tertiary/aromatic N) is 1. The van der Waals surface area contributed by atoms with Crippen molar-refractivity contribution in [2.75, 3.05) is 11.9 Å². The van der Waals surface area contributed by atoms with Crippen LogP contribution in [0.3, 0.4) is 0 Å². The predicted octanol–water partition coefficient (Wildman–Crippen LogP) is 2.26. The van der Waals surface area contributed by atoms with Crippen LogP contribution in [0.4, 0.5) is 5.69 Å². The van der Waals surface area contributed by atoms with E-state index in [1.165, 1.54) is 0 Å². The zero-order valence-corrected chi connectivity index (χ0v) is 9.08.